The monoisotopic (exact) mass is 431 g/mol. The first-order valence-corrected chi connectivity index (χ1v) is 10.6. The van der Waals surface area contributed by atoms with Gasteiger partial charge in [0.1, 0.15) is 11.5 Å². The van der Waals surface area contributed by atoms with Crippen LogP contribution in [-0.4, -0.2) is 48.1 Å². The number of rotatable bonds is 9. The molecule has 1 aliphatic heterocycles. The maximum absolute atomic E-state index is 12.7. The van der Waals surface area contributed by atoms with Crippen molar-refractivity contribution in [3.8, 4) is 22.8 Å². The minimum absolute atomic E-state index is 0.138. The molecule has 2 aromatic heterocycles. The zero-order valence-electron chi connectivity index (χ0n) is 18.2. The fourth-order valence-electron chi connectivity index (χ4n) is 3.56. The Morgan fingerprint density at radius 1 is 1.19 bits per heavy atom. The van der Waals surface area contributed by atoms with Crippen molar-refractivity contribution in [1.29, 1.82) is 0 Å². The maximum atomic E-state index is 12.7. The van der Waals surface area contributed by atoms with Crippen molar-refractivity contribution in [2.75, 3.05) is 20.3 Å². The highest BCUT2D eigenvalue weighted by atomic mass is 16.5. The normalized spacial score (nSPS) is 12.6. The van der Waals surface area contributed by atoms with E-state index in [0.29, 0.717) is 41.4 Å². The van der Waals surface area contributed by atoms with E-state index in [9.17, 15) is 4.79 Å². The Bertz CT molecular complexity index is 1190. The van der Waals surface area contributed by atoms with E-state index in [-0.39, 0.29) is 5.91 Å². The number of benzene rings is 1. The van der Waals surface area contributed by atoms with Gasteiger partial charge in [-0.15, -0.1) is 0 Å². The smallest absolute Gasteiger partial charge is 0.251 e. The molecule has 4 rings (SSSR count). The Balaban J connectivity index is 1.58. The van der Waals surface area contributed by atoms with Gasteiger partial charge in [0.2, 0.25) is 0 Å². The van der Waals surface area contributed by atoms with Crippen LogP contribution in [0.15, 0.2) is 52.9 Å². The second kappa shape index (κ2) is 10.00. The summed E-state index contributed by atoms with van der Waals surface area (Å²) >= 11 is 0. The number of aromatic nitrogens is 2. The fourth-order valence-corrected chi connectivity index (χ4v) is 3.56. The van der Waals surface area contributed by atoms with Gasteiger partial charge in [0.25, 0.3) is 5.91 Å². The average Bonchev–Trinajstić information content (AvgIpc) is 3.35. The minimum atomic E-state index is -0.138. The van der Waals surface area contributed by atoms with Crippen molar-refractivity contribution in [1.82, 2.24) is 15.3 Å². The standard InChI is InChI=1S/C24H25N5O3/c1-3-32-23-14-21(19-15-25-11-9-22(19)31-2)28-20-13-16(6-7-18(20)23)24(30)26-10-4-5-17-8-12-27-29-17/h6-7,9,11-15H,3-5,8,10H2,1-2H3,(H,26,30). The third-order valence-corrected chi connectivity index (χ3v) is 5.15. The van der Waals surface area contributed by atoms with Crippen molar-refractivity contribution in [3.63, 3.8) is 0 Å². The first-order valence-electron chi connectivity index (χ1n) is 10.6. The molecule has 0 saturated carbocycles. The summed E-state index contributed by atoms with van der Waals surface area (Å²) in [5.41, 5.74) is 3.69. The molecular formula is C24H25N5O3. The summed E-state index contributed by atoms with van der Waals surface area (Å²) in [6, 6.07) is 9.11. The zero-order chi connectivity index (χ0) is 22.3. The van der Waals surface area contributed by atoms with Crippen LogP contribution >= 0.6 is 0 Å². The Morgan fingerprint density at radius 3 is 2.88 bits per heavy atom. The number of amides is 1. The van der Waals surface area contributed by atoms with Gasteiger partial charge in [0.15, 0.2) is 0 Å². The second-order valence-electron chi connectivity index (χ2n) is 7.27. The van der Waals surface area contributed by atoms with Gasteiger partial charge in [-0.1, -0.05) is 0 Å². The van der Waals surface area contributed by atoms with Gasteiger partial charge in [-0.3, -0.25) is 9.78 Å². The molecule has 1 N–H and O–H groups in total. The quantitative estimate of drug-likeness (QED) is 0.516. The molecule has 8 nitrogen and oxygen atoms in total. The Labute approximate surface area is 186 Å². The van der Waals surface area contributed by atoms with Crippen molar-refractivity contribution in [2.45, 2.75) is 26.2 Å². The van der Waals surface area contributed by atoms with Gasteiger partial charge in [-0.05, 0) is 44.0 Å². The molecule has 32 heavy (non-hydrogen) atoms. The number of pyridine rings is 2. The molecule has 1 aliphatic rings. The van der Waals surface area contributed by atoms with Crippen molar-refractivity contribution >= 4 is 28.7 Å². The first-order chi connectivity index (χ1) is 15.7. The van der Waals surface area contributed by atoms with Crippen molar-refractivity contribution < 1.29 is 14.3 Å². The van der Waals surface area contributed by atoms with Crippen LogP contribution in [-0.2, 0) is 0 Å². The average molecular weight is 431 g/mol. The minimum Gasteiger partial charge on any atom is -0.496 e. The number of ether oxygens (including phenoxy) is 2. The van der Waals surface area contributed by atoms with Crippen LogP contribution in [0, 0.1) is 0 Å². The molecule has 1 aromatic carbocycles. The fraction of sp³-hybridized carbons (Fsp3) is 0.292. The SMILES string of the molecule is CCOc1cc(-c2cnccc2OC)nc2cc(C(=O)NCCCC3=NN=CC3)ccc12. The molecular weight excluding hydrogens is 406 g/mol. The molecule has 0 spiro atoms. The van der Waals surface area contributed by atoms with Gasteiger partial charge < -0.3 is 14.8 Å². The Morgan fingerprint density at radius 2 is 2.09 bits per heavy atom. The summed E-state index contributed by atoms with van der Waals surface area (Å²) in [5.74, 6) is 1.23. The van der Waals surface area contributed by atoms with Crippen LogP contribution in [0.2, 0.25) is 0 Å². The summed E-state index contributed by atoms with van der Waals surface area (Å²) in [6.07, 6.45) is 7.62. The number of hydrogen-bond donors (Lipinski definition) is 1. The van der Waals surface area contributed by atoms with Gasteiger partial charge in [0.05, 0.1) is 30.5 Å². The van der Waals surface area contributed by atoms with E-state index in [0.717, 1.165) is 35.9 Å². The van der Waals surface area contributed by atoms with Gasteiger partial charge in [-0.25, -0.2) is 4.98 Å². The number of nitrogens with zero attached hydrogens (tertiary/aromatic N) is 4. The van der Waals surface area contributed by atoms with Crippen LogP contribution in [0.1, 0.15) is 36.5 Å². The molecule has 1 amide bonds. The largest absolute Gasteiger partial charge is 0.496 e. The lowest BCUT2D eigenvalue weighted by atomic mass is 10.1. The third-order valence-electron chi connectivity index (χ3n) is 5.15. The molecule has 0 atom stereocenters. The lowest BCUT2D eigenvalue weighted by molar-refractivity contribution is 0.0953. The van der Waals surface area contributed by atoms with E-state index in [4.69, 9.17) is 14.5 Å². The number of fused-ring (bicyclic) bond motifs is 1. The van der Waals surface area contributed by atoms with E-state index < -0.39 is 0 Å². The zero-order valence-corrected chi connectivity index (χ0v) is 18.2. The topological polar surface area (TPSA) is 98.1 Å². The molecule has 0 bridgehead atoms. The summed E-state index contributed by atoms with van der Waals surface area (Å²) in [5, 5.41) is 11.7. The van der Waals surface area contributed by atoms with Crippen LogP contribution < -0.4 is 14.8 Å². The highest BCUT2D eigenvalue weighted by molar-refractivity contribution is 6.00. The van der Waals surface area contributed by atoms with Crippen LogP contribution in [0.3, 0.4) is 0 Å². The highest BCUT2D eigenvalue weighted by Gasteiger charge is 2.15. The number of carbonyl (C=O) groups excluding carboxylic acids is 1. The second-order valence-corrected chi connectivity index (χ2v) is 7.27. The first kappa shape index (κ1) is 21.4. The van der Waals surface area contributed by atoms with E-state index in [2.05, 4.69) is 20.5 Å². The molecule has 0 unspecified atom stereocenters. The van der Waals surface area contributed by atoms with Crippen molar-refractivity contribution in [3.05, 3.63) is 48.3 Å². The number of hydrogen-bond acceptors (Lipinski definition) is 7. The molecule has 0 fully saturated rings. The summed E-state index contributed by atoms with van der Waals surface area (Å²) in [7, 11) is 1.61. The van der Waals surface area contributed by atoms with E-state index in [1.807, 2.05) is 19.1 Å². The molecule has 0 aliphatic carbocycles. The molecule has 8 heteroatoms. The Hall–Kier alpha value is -3.81. The van der Waals surface area contributed by atoms with Crippen LogP contribution in [0.25, 0.3) is 22.2 Å². The predicted octanol–water partition coefficient (Wildman–Crippen LogP) is 4.04. The maximum Gasteiger partial charge on any atom is 0.251 e. The molecule has 0 radical (unpaired) electrons. The summed E-state index contributed by atoms with van der Waals surface area (Å²) in [6.45, 7) is 3.02. The lowest BCUT2D eigenvalue weighted by Crippen LogP contribution is -2.24. The van der Waals surface area contributed by atoms with Gasteiger partial charge in [-0.2, -0.15) is 10.2 Å². The third kappa shape index (κ3) is 4.74. The van der Waals surface area contributed by atoms with E-state index in [1.54, 1.807) is 43.9 Å². The number of carbonyl (C=O) groups is 1. The molecule has 0 saturated heterocycles. The van der Waals surface area contributed by atoms with E-state index in [1.165, 1.54) is 0 Å². The van der Waals surface area contributed by atoms with Gasteiger partial charge >= 0.3 is 0 Å². The highest BCUT2D eigenvalue weighted by Crippen LogP contribution is 2.34. The van der Waals surface area contributed by atoms with E-state index >= 15 is 0 Å². The lowest BCUT2D eigenvalue weighted by Gasteiger charge is -2.13. The number of methoxy groups -OCH3 is 1. The summed E-state index contributed by atoms with van der Waals surface area (Å²) in [4.78, 5) is 21.7. The predicted molar refractivity (Wildman–Crippen MR) is 125 cm³/mol. The van der Waals surface area contributed by atoms with Gasteiger partial charge in [0, 0.05) is 54.3 Å². The summed E-state index contributed by atoms with van der Waals surface area (Å²) < 4.78 is 11.3. The van der Waals surface area contributed by atoms with Crippen molar-refractivity contribution in [2.24, 2.45) is 10.2 Å². The Kier molecular flexibility index (Phi) is 6.69. The molecule has 3 heterocycles. The van der Waals surface area contributed by atoms with Crippen LogP contribution in [0.4, 0.5) is 0 Å². The van der Waals surface area contributed by atoms with Crippen LogP contribution in [0.5, 0.6) is 11.5 Å². The number of nitrogens with one attached hydrogen (secondary N) is 1. The molecule has 3 aromatic rings. The molecule has 164 valence electrons.